The summed E-state index contributed by atoms with van der Waals surface area (Å²) in [5, 5.41) is 21.5. The van der Waals surface area contributed by atoms with Crippen molar-refractivity contribution in [1.82, 2.24) is 10.1 Å². The molecule has 28 heavy (non-hydrogen) atoms. The largest absolute Gasteiger partial charge is 0.490 e. The number of hydrogen-bond acceptors (Lipinski definition) is 5. The second-order valence-corrected chi connectivity index (χ2v) is 6.69. The highest BCUT2D eigenvalue weighted by atomic mass is 19.4. The smallest absolute Gasteiger partial charge is 0.475 e. The zero-order valence-corrected chi connectivity index (χ0v) is 15.6. The monoisotopic (exact) mass is 400 g/mol. The topological polar surface area (TPSA) is 86.8 Å². The van der Waals surface area contributed by atoms with E-state index in [0.29, 0.717) is 0 Å². The molecule has 0 amide bonds. The zero-order valence-electron chi connectivity index (χ0n) is 15.6. The van der Waals surface area contributed by atoms with E-state index >= 15 is 0 Å². The van der Waals surface area contributed by atoms with E-state index < -0.39 is 12.1 Å². The number of nitrogens with zero attached hydrogens (tertiary/aromatic N) is 2. The average Bonchev–Trinajstić information content (AvgIpc) is 3.13. The number of aliphatic hydroxyl groups excluding tert-OH is 1. The number of carboxylic acid groups (broad SMARTS) is 1. The number of rotatable bonds is 4. The third-order valence-electron chi connectivity index (χ3n) is 4.70. The number of halogens is 3. The van der Waals surface area contributed by atoms with Gasteiger partial charge in [0.05, 0.1) is 11.8 Å². The molecule has 0 radical (unpaired) electrons. The lowest BCUT2D eigenvalue weighted by Crippen LogP contribution is -2.36. The molecule has 6 nitrogen and oxygen atoms in total. The van der Waals surface area contributed by atoms with Crippen molar-refractivity contribution in [2.75, 3.05) is 6.54 Å². The van der Waals surface area contributed by atoms with E-state index in [1.54, 1.807) is 0 Å². The normalized spacial score (nSPS) is 19.9. The van der Waals surface area contributed by atoms with Crippen LogP contribution in [0.1, 0.15) is 29.0 Å². The van der Waals surface area contributed by atoms with Crippen molar-refractivity contribution < 1.29 is 32.7 Å². The van der Waals surface area contributed by atoms with E-state index in [2.05, 4.69) is 34.3 Å². The first-order valence-electron chi connectivity index (χ1n) is 8.77. The fourth-order valence-corrected chi connectivity index (χ4v) is 3.15. The van der Waals surface area contributed by atoms with Gasteiger partial charge in [0.15, 0.2) is 0 Å². The number of carboxylic acids is 1. The van der Waals surface area contributed by atoms with E-state index in [0.717, 1.165) is 42.9 Å². The molecule has 1 aromatic heterocycles. The second-order valence-electron chi connectivity index (χ2n) is 6.69. The minimum atomic E-state index is -5.08. The molecule has 1 fully saturated rings. The van der Waals surface area contributed by atoms with Crippen LogP contribution in [0, 0.1) is 13.8 Å². The lowest BCUT2D eigenvalue weighted by Gasteiger charge is -2.26. The van der Waals surface area contributed by atoms with Crippen molar-refractivity contribution in [1.29, 1.82) is 0 Å². The van der Waals surface area contributed by atoms with E-state index in [9.17, 15) is 18.3 Å². The highest BCUT2D eigenvalue weighted by Crippen LogP contribution is 2.26. The molecule has 9 heteroatoms. The summed E-state index contributed by atoms with van der Waals surface area (Å²) >= 11 is 0. The Morgan fingerprint density at radius 3 is 2.39 bits per heavy atom. The minimum absolute atomic E-state index is 0.168. The summed E-state index contributed by atoms with van der Waals surface area (Å²) in [7, 11) is 0. The van der Waals surface area contributed by atoms with Gasteiger partial charge in [-0.05, 0) is 32.3 Å². The minimum Gasteiger partial charge on any atom is -0.475 e. The molecule has 2 aromatic rings. The zero-order chi connectivity index (χ0) is 20.9. The standard InChI is InChI=1S/C17H22N2O2.C2HF3O2/c1-12-15(13(2)21-18-12)11-19-9-8-17(20)16(19)10-14-6-4-3-5-7-14;3-2(4,5)1(6)7/h3-7,16-17,20H,8-11H2,1-2H3;(H,6,7)/t16-,17+;/m0./s1. The Bertz CT molecular complexity index is 758. The molecular weight excluding hydrogens is 377 g/mol. The Morgan fingerprint density at radius 2 is 1.89 bits per heavy atom. The fourth-order valence-electron chi connectivity index (χ4n) is 3.15. The lowest BCUT2D eigenvalue weighted by atomic mass is 10.0. The third-order valence-corrected chi connectivity index (χ3v) is 4.70. The molecular formula is C19H23F3N2O4. The summed E-state index contributed by atoms with van der Waals surface area (Å²) in [6.07, 6.45) is -3.63. The van der Waals surface area contributed by atoms with Gasteiger partial charge >= 0.3 is 12.1 Å². The molecule has 3 rings (SSSR count). The third kappa shape index (κ3) is 5.80. The fraction of sp³-hybridized carbons (Fsp3) is 0.474. The summed E-state index contributed by atoms with van der Waals surface area (Å²) in [4.78, 5) is 11.2. The number of aliphatic hydroxyl groups is 1. The summed E-state index contributed by atoms with van der Waals surface area (Å²) < 4.78 is 37.0. The molecule has 0 aliphatic carbocycles. The maximum Gasteiger partial charge on any atom is 0.490 e. The van der Waals surface area contributed by atoms with Gasteiger partial charge in [0, 0.05) is 24.7 Å². The van der Waals surface area contributed by atoms with Gasteiger partial charge < -0.3 is 14.7 Å². The molecule has 1 aliphatic rings. The number of alkyl halides is 3. The Hall–Kier alpha value is -2.39. The Kier molecular flexibility index (Phi) is 7.20. The van der Waals surface area contributed by atoms with E-state index in [-0.39, 0.29) is 12.1 Å². The van der Waals surface area contributed by atoms with Crippen molar-refractivity contribution in [2.24, 2.45) is 0 Å². The summed E-state index contributed by atoms with van der Waals surface area (Å²) in [5.74, 6) is -1.88. The van der Waals surface area contributed by atoms with Gasteiger partial charge in [-0.1, -0.05) is 35.5 Å². The predicted octanol–water partition coefficient (Wildman–Crippen LogP) is 3.10. The predicted molar refractivity (Wildman–Crippen MR) is 94.6 cm³/mol. The molecule has 1 aromatic carbocycles. The van der Waals surface area contributed by atoms with Crippen LogP contribution in [-0.2, 0) is 17.8 Å². The number of carbonyl (C=O) groups is 1. The summed E-state index contributed by atoms with van der Waals surface area (Å²) in [5.41, 5.74) is 3.38. The van der Waals surface area contributed by atoms with Crippen LogP contribution >= 0.6 is 0 Å². The first kappa shape index (κ1) is 21.9. The number of benzene rings is 1. The molecule has 154 valence electrons. The maximum absolute atomic E-state index is 10.6. The van der Waals surface area contributed by atoms with Crippen LogP contribution in [-0.4, -0.2) is 51.1 Å². The van der Waals surface area contributed by atoms with Gasteiger partial charge in [0.25, 0.3) is 0 Å². The molecule has 2 heterocycles. The highest BCUT2D eigenvalue weighted by Gasteiger charge is 2.38. The maximum atomic E-state index is 10.6. The first-order chi connectivity index (χ1) is 13.1. The average molecular weight is 400 g/mol. The van der Waals surface area contributed by atoms with Gasteiger partial charge in [0.1, 0.15) is 5.76 Å². The highest BCUT2D eigenvalue weighted by molar-refractivity contribution is 5.73. The Morgan fingerprint density at radius 1 is 1.29 bits per heavy atom. The van der Waals surface area contributed by atoms with Gasteiger partial charge in [-0.2, -0.15) is 13.2 Å². The Balaban J connectivity index is 0.000000345. The van der Waals surface area contributed by atoms with E-state index in [1.165, 1.54) is 5.56 Å². The number of aryl methyl sites for hydroxylation is 2. The van der Waals surface area contributed by atoms with Crippen molar-refractivity contribution in [3.05, 3.63) is 52.9 Å². The van der Waals surface area contributed by atoms with Crippen LogP contribution in [0.25, 0.3) is 0 Å². The Labute approximate surface area is 160 Å². The van der Waals surface area contributed by atoms with Crippen LogP contribution in [0.5, 0.6) is 0 Å². The van der Waals surface area contributed by atoms with Crippen molar-refractivity contribution in [3.63, 3.8) is 0 Å². The molecule has 2 N–H and O–H groups in total. The van der Waals surface area contributed by atoms with Crippen molar-refractivity contribution in [2.45, 2.75) is 51.6 Å². The van der Waals surface area contributed by atoms with E-state index in [1.807, 2.05) is 19.9 Å². The van der Waals surface area contributed by atoms with Gasteiger partial charge in [-0.15, -0.1) is 0 Å². The molecule has 1 saturated heterocycles. The number of aliphatic carboxylic acids is 1. The van der Waals surface area contributed by atoms with Gasteiger partial charge in [0.2, 0.25) is 0 Å². The first-order valence-corrected chi connectivity index (χ1v) is 8.77. The number of likely N-dealkylation sites (tertiary alicyclic amines) is 1. The molecule has 0 spiro atoms. The van der Waals surface area contributed by atoms with Gasteiger partial charge in [-0.25, -0.2) is 4.79 Å². The lowest BCUT2D eigenvalue weighted by molar-refractivity contribution is -0.192. The van der Waals surface area contributed by atoms with Crippen LogP contribution < -0.4 is 0 Å². The van der Waals surface area contributed by atoms with Crippen LogP contribution in [0.4, 0.5) is 13.2 Å². The van der Waals surface area contributed by atoms with Crippen molar-refractivity contribution >= 4 is 5.97 Å². The molecule has 0 saturated carbocycles. The van der Waals surface area contributed by atoms with Crippen LogP contribution in [0.3, 0.4) is 0 Å². The van der Waals surface area contributed by atoms with E-state index in [4.69, 9.17) is 14.4 Å². The van der Waals surface area contributed by atoms with Crippen LogP contribution in [0.15, 0.2) is 34.9 Å². The second kappa shape index (κ2) is 9.20. The summed E-state index contributed by atoms with van der Waals surface area (Å²) in [6, 6.07) is 10.5. The quantitative estimate of drug-likeness (QED) is 0.820. The van der Waals surface area contributed by atoms with Crippen LogP contribution in [0.2, 0.25) is 0 Å². The summed E-state index contributed by atoms with van der Waals surface area (Å²) in [6.45, 7) is 5.65. The molecule has 0 unspecified atom stereocenters. The van der Waals surface area contributed by atoms with Crippen molar-refractivity contribution in [3.8, 4) is 0 Å². The van der Waals surface area contributed by atoms with Gasteiger partial charge in [-0.3, -0.25) is 4.90 Å². The SMILES string of the molecule is Cc1noc(C)c1CN1CC[C@@H](O)[C@@H]1Cc1ccccc1.O=C(O)C(F)(F)F. The molecule has 1 aliphatic heterocycles. The number of aromatic nitrogens is 1. The number of hydrogen-bond donors (Lipinski definition) is 2. The molecule has 2 atom stereocenters. The molecule has 0 bridgehead atoms.